The average molecular weight is 582 g/mol. The fourth-order valence-corrected chi connectivity index (χ4v) is 4.28. The van der Waals surface area contributed by atoms with E-state index in [0.717, 1.165) is 30.2 Å². The molecule has 0 spiro atoms. The Morgan fingerprint density at radius 2 is 1.82 bits per heavy atom. The van der Waals surface area contributed by atoms with Crippen LogP contribution in [0.2, 0.25) is 0 Å². The minimum Gasteiger partial charge on any atom is -0.741 e. The predicted octanol–water partition coefficient (Wildman–Crippen LogP) is 4.38. The van der Waals surface area contributed by atoms with Crippen molar-refractivity contribution in [1.82, 2.24) is 0 Å². The summed E-state index contributed by atoms with van der Waals surface area (Å²) in [5.41, 5.74) is -0.281. The van der Waals surface area contributed by atoms with E-state index in [1.807, 2.05) is 18.2 Å². The second-order valence-electron chi connectivity index (χ2n) is 8.13. The van der Waals surface area contributed by atoms with Gasteiger partial charge >= 0.3 is 10.7 Å². The number of aromatic nitrogens is 1. The van der Waals surface area contributed by atoms with Crippen LogP contribution in [0.5, 0.6) is 0 Å². The highest BCUT2D eigenvalue weighted by molar-refractivity contribution is 8.09. The number of nitrogens with one attached hydrogen (secondary N) is 2. The topological polar surface area (TPSA) is 129 Å². The molecule has 39 heavy (non-hydrogen) atoms. The summed E-state index contributed by atoms with van der Waals surface area (Å²) < 4.78 is 65.8. The van der Waals surface area contributed by atoms with Gasteiger partial charge in [0, 0.05) is 40.4 Å². The summed E-state index contributed by atoms with van der Waals surface area (Å²) in [5, 5.41) is 6.30. The van der Waals surface area contributed by atoms with Crippen LogP contribution in [0.1, 0.15) is 28.0 Å². The molecule has 0 saturated heterocycles. The molecule has 1 aliphatic carbocycles. The number of rotatable bonds is 5. The normalized spacial score (nSPS) is 12.6. The second kappa shape index (κ2) is 12.5. The zero-order chi connectivity index (χ0) is 28.8. The van der Waals surface area contributed by atoms with Gasteiger partial charge in [-0.25, -0.2) is 8.42 Å². The minimum atomic E-state index is -6.09. The van der Waals surface area contributed by atoms with E-state index in [-0.39, 0.29) is 11.1 Å². The van der Waals surface area contributed by atoms with Crippen molar-refractivity contribution in [2.45, 2.75) is 31.3 Å². The summed E-state index contributed by atoms with van der Waals surface area (Å²) in [4.78, 5) is 24.5. The molecule has 0 aliphatic heterocycles. The Balaban J connectivity index is 0.000000459. The highest BCUT2D eigenvalue weighted by Crippen LogP contribution is 2.26. The Morgan fingerprint density at radius 3 is 2.46 bits per heavy atom. The largest absolute Gasteiger partial charge is 0.741 e. The average Bonchev–Trinajstić information content (AvgIpc) is 3.32. The van der Waals surface area contributed by atoms with Gasteiger partial charge in [0.05, 0.1) is 19.2 Å². The quantitative estimate of drug-likeness (QED) is 0.150. The van der Waals surface area contributed by atoms with Crippen LogP contribution >= 0.6 is 12.0 Å². The van der Waals surface area contributed by atoms with Crippen LogP contribution in [0.3, 0.4) is 0 Å². The molecule has 0 unspecified atom stereocenters. The Kier molecular flexibility index (Phi) is 9.57. The fraction of sp³-hybridized carbons (Fsp3) is 0.240. The third kappa shape index (κ3) is 7.70. The molecule has 2 N–H and O–H groups in total. The van der Waals surface area contributed by atoms with Crippen molar-refractivity contribution in [3.05, 3.63) is 65.4 Å². The van der Waals surface area contributed by atoms with Crippen LogP contribution in [0.15, 0.2) is 48.5 Å². The van der Waals surface area contributed by atoms with E-state index in [1.54, 1.807) is 24.3 Å². The smallest absolute Gasteiger partial charge is 0.485 e. The van der Waals surface area contributed by atoms with Crippen molar-refractivity contribution in [2.75, 3.05) is 17.7 Å². The van der Waals surface area contributed by atoms with Crippen molar-refractivity contribution < 1.29 is 44.5 Å². The fourth-order valence-electron chi connectivity index (χ4n) is 3.97. The van der Waals surface area contributed by atoms with Crippen molar-refractivity contribution in [3.63, 3.8) is 0 Å². The molecule has 1 aliphatic rings. The number of hydrogen-bond acceptors (Lipinski definition) is 7. The monoisotopic (exact) mass is 581 g/mol. The number of nitrogens with zero attached hydrogens (tertiary/aromatic N) is 1. The van der Waals surface area contributed by atoms with Gasteiger partial charge in [0.25, 0.3) is 5.91 Å². The Labute approximate surface area is 226 Å². The van der Waals surface area contributed by atoms with Crippen LogP contribution in [-0.2, 0) is 33.7 Å². The van der Waals surface area contributed by atoms with Crippen molar-refractivity contribution in [2.24, 2.45) is 0 Å². The van der Waals surface area contributed by atoms with E-state index in [4.69, 9.17) is 23.6 Å². The molecule has 2 amide bonds. The van der Waals surface area contributed by atoms with E-state index in [2.05, 4.69) is 27.2 Å². The SMILES string of the molecule is C#CC[n+]1c2c(cc3cc(NC(=O)c4cccc(NC(=O)SOC)c4)ccc31)CCC2.O=S(=O)([O-])C(F)(F)F. The second-order valence-corrected chi connectivity index (χ2v) is 10.4. The number of halogens is 3. The highest BCUT2D eigenvalue weighted by Gasteiger charge is 2.37. The molecule has 0 saturated carbocycles. The summed E-state index contributed by atoms with van der Waals surface area (Å²) in [6, 6.07) is 14.8. The lowest BCUT2D eigenvalue weighted by molar-refractivity contribution is -0.666. The predicted molar refractivity (Wildman–Crippen MR) is 139 cm³/mol. The molecule has 9 nitrogen and oxygen atoms in total. The summed E-state index contributed by atoms with van der Waals surface area (Å²) >= 11 is 0.692. The summed E-state index contributed by atoms with van der Waals surface area (Å²) in [7, 11) is -4.67. The van der Waals surface area contributed by atoms with Gasteiger partial charge in [-0.1, -0.05) is 6.07 Å². The summed E-state index contributed by atoms with van der Waals surface area (Å²) in [5.74, 6) is 2.50. The summed E-state index contributed by atoms with van der Waals surface area (Å²) in [6.07, 6.45) is 8.83. The maximum atomic E-state index is 12.8. The minimum absolute atomic E-state index is 0.257. The molecule has 0 radical (unpaired) electrons. The van der Waals surface area contributed by atoms with E-state index < -0.39 is 15.6 Å². The van der Waals surface area contributed by atoms with Gasteiger partial charge in [0.1, 0.15) is 0 Å². The number of benzene rings is 2. The number of anilines is 2. The number of alkyl halides is 3. The zero-order valence-corrected chi connectivity index (χ0v) is 22.0. The number of hydrogen-bond donors (Lipinski definition) is 2. The van der Waals surface area contributed by atoms with E-state index in [1.165, 1.54) is 18.4 Å². The number of carbonyl (C=O) groups excluding carboxylic acids is 2. The van der Waals surface area contributed by atoms with E-state index >= 15 is 0 Å². The van der Waals surface area contributed by atoms with Gasteiger partial charge in [0.15, 0.2) is 15.8 Å². The first-order chi connectivity index (χ1) is 18.3. The van der Waals surface area contributed by atoms with Crippen LogP contribution in [0.25, 0.3) is 10.9 Å². The van der Waals surface area contributed by atoms with Gasteiger partial charge in [-0.05, 0) is 55.2 Å². The number of pyridine rings is 1. The molecular formula is C25H22F3N3O6S2. The molecule has 2 aromatic carbocycles. The first kappa shape index (κ1) is 29.9. The third-order valence-electron chi connectivity index (χ3n) is 5.53. The Morgan fingerprint density at radius 1 is 1.13 bits per heavy atom. The number of fused-ring (bicyclic) bond motifs is 2. The van der Waals surface area contributed by atoms with Crippen LogP contribution < -0.4 is 15.2 Å². The first-order valence-electron chi connectivity index (χ1n) is 11.2. The summed E-state index contributed by atoms with van der Waals surface area (Å²) in [6.45, 7) is 0.533. The molecule has 0 atom stereocenters. The van der Waals surface area contributed by atoms with Crippen molar-refractivity contribution >= 4 is 55.6 Å². The Bertz CT molecular complexity index is 1550. The molecule has 206 valence electrons. The van der Waals surface area contributed by atoms with Crippen LogP contribution in [0, 0.1) is 12.3 Å². The molecule has 1 aromatic heterocycles. The molecular weight excluding hydrogens is 559 g/mol. The molecule has 0 bridgehead atoms. The standard InChI is InChI=1S/C24H21N3O3S.CHF3O3S/c1-3-12-27-21-9-5-6-16(21)13-18-15-20(10-11-22(18)27)25-23(28)17-7-4-8-19(14-17)26-24(29)31-30-2;2-1(3,4)8(5,6)7/h1,4,7-8,10-11,13-15H,5-6,9,12H2,2H3,(H-,25,26,28,29);(H,5,6,7). The van der Waals surface area contributed by atoms with Gasteiger partial charge in [0.2, 0.25) is 12.1 Å². The first-order valence-corrected chi connectivity index (χ1v) is 13.4. The van der Waals surface area contributed by atoms with E-state index in [0.29, 0.717) is 35.5 Å². The lowest BCUT2D eigenvalue weighted by Gasteiger charge is -2.10. The molecule has 0 fully saturated rings. The lowest BCUT2D eigenvalue weighted by atomic mass is 10.1. The van der Waals surface area contributed by atoms with Gasteiger partial charge in [-0.2, -0.15) is 17.7 Å². The highest BCUT2D eigenvalue weighted by atomic mass is 32.2. The van der Waals surface area contributed by atoms with Gasteiger partial charge in [-0.15, -0.1) is 6.42 Å². The van der Waals surface area contributed by atoms with Gasteiger partial charge in [-0.3, -0.25) is 9.59 Å². The zero-order valence-electron chi connectivity index (χ0n) is 20.4. The number of amides is 2. The lowest BCUT2D eigenvalue weighted by Crippen LogP contribution is -2.38. The maximum Gasteiger partial charge on any atom is 0.485 e. The number of aryl methyl sites for hydroxylation is 1. The maximum absolute atomic E-state index is 12.8. The molecule has 1 heterocycles. The molecule has 3 aromatic rings. The third-order valence-corrected chi connectivity index (χ3v) is 6.51. The molecule has 14 heteroatoms. The molecule has 4 rings (SSSR count). The van der Waals surface area contributed by atoms with Gasteiger partial charge < -0.3 is 19.4 Å². The van der Waals surface area contributed by atoms with Crippen molar-refractivity contribution in [1.29, 1.82) is 0 Å². The van der Waals surface area contributed by atoms with Crippen LogP contribution in [0.4, 0.5) is 29.3 Å². The van der Waals surface area contributed by atoms with Crippen LogP contribution in [-0.4, -0.2) is 36.7 Å². The number of terminal acetylenes is 1. The van der Waals surface area contributed by atoms with E-state index in [9.17, 15) is 22.8 Å². The Hall–Kier alpha value is -3.64. The van der Waals surface area contributed by atoms with Crippen molar-refractivity contribution in [3.8, 4) is 12.3 Å². The number of carbonyl (C=O) groups is 2.